The van der Waals surface area contributed by atoms with Gasteiger partial charge in [0.2, 0.25) is 0 Å². The number of hydrogen-bond donors (Lipinski definition) is 1. The highest BCUT2D eigenvalue weighted by Gasteiger charge is 2.24. The van der Waals surface area contributed by atoms with Crippen LogP contribution < -0.4 is 10.5 Å². The van der Waals surface area contributed by atoms with Crippen molar-refractivity contribution in [1.29, 1.82) is 0 Å². The average molecular weight is 262 g/mol. The molecule has 4 nitrogen and oxygen atoms in total. The first-order valence-corrected chi connectivity index (χ1v) is 6.84. The molecule has 0 atom stereocenters. The molecule has 0 spiro atoms. The molecule has 1 amide bonds. The zero-order valence-corrected chi connectivity index (χ0v) is 11.7. The Kier molecular flexibility index (Phi) is 4.30. The van der Waals surface area contributed by atoms with Gasteiger partial charge in [0.25, 0.3) is 5.91 Å². The third-order valence-electron chi connectivity index (χ3n) is 3.93. The third-order valence-corrected chi connectivity index (χ3v) is 3.93. The minimum Gasteiger partial charge on any atom is -0.497 e. The second-order valence-corrected chi connectivity index (χ2v) is 5.16. The summed E-state index contributed by atoms with van der Waals surface area (Å²) < 4.78 is 5.16. The van der Waals surface area contributed by atoms with Gasteiger partial charge in [0.1, 0.15) is 5.75 Å². The van der Waals surface area contributed by atoms with Gasteiger partial charge < -0.3 is 15.4 Å². The fourth-order valence-corrected chi connectivity index (χ4v) is 2.67. The van der Waals surface area contributed by atoms with Crippen molar-refractivity contribution >= 4 is 11.6 Å². The van der Waals surface area contributed by atoms with Crippen LogP contribution >= 0.6 is 0 Å². The molecule has 0 aromatic heterocycles. The summed E-state index contributed by atoms with van der Waals surface area (Å²) in [5.74, 6) is 0.651. The van der Waals surface area contributed by atoms with Crippen LogP contribution in [0.3, 0.4) is 0 Å². The molecular formula is C15H22N2O2. The number of ether oxygens (including phenoxy) is 1. The van der Waals surface area contributed by atoms with Crippen LogP contribution in [0.2, 0.25) is 0 Å². The first-order valence-electron chi connectivity index (χ1n) is 6.84. The lowest BCUT2D eigenvalue weighted by atomic mass is 9.94. The van der Waals surface area contributed by atoms with Crippen molar-refractivity contribution in [3.63, 3.8) is 0 Å². The van der Waals surface area contributed by atoms with E-state index in [-0.39, 0.29) is 5.91 Å². The molecule has 2 rings (SSSR count). The van der Waals surface area contributed by atoms with Gasteiger partial charge in [-0.1, -0.05) is 19.3 Å². The molecule has 1 saturated carbocycles. The predicted molar refractivity (Wildman–Crippen MR) is 76.4 cm³/mol. The van der Waals surface area contributed by atoms with Gasteiger partial charge in [-0.3, -0.25) is 4.79 Å². The largest absolute Gasteiger partial charge is 0.497 e. The lowest BCUT2D eigenvalue weighted by Gasteiger charge is -2.31. The molecule has 1 aliphatic carbocycles. The first kappa shape index (κ1) is 13.7. The van der Waals surface area contributed by atoms with Crippen LogP contribution in [0.1, 0.15) is 42.5 Å². The van der Waals surface area contributed by atoms with Crippen LogP contribution in [0.5, 0.6) is 5.75 Å². The Hall–Kier alpha value is -1.71. The molecule has 104 valence electrons. The van der Waals surface area contributed by atoms with Gasteiger partial charge >= 0.3 is 0 Å². The summed E-state index contributed by atoms with van der Waals surface area (Å²) in [6.45, 7) is 0. The number of methoxy groups -OCH3 is 1. The quantitative estimate of drug-likeness (QED) is 0.852. The Labute approximate surface area is 114 Å². The lowest BCUT2D eigenvalue weighted by Crippen LogP contribution is -2.38. The Balaban J connectivity index is 2.18. The van der Waals surface area contributed by atoms with E-state index in [1.165, 1.54) is 19.3 Å². The molecule has 4 heteroatoms. The highest BCUT2D eigenvalue weighted by Crippen LogP contribution is 2.26. The minimum atomic E-state index is -0.0108. The number of nitrogens with two attached hydrogens (primary N) is 1. The molecule has 1 fully saturated rings. The molecule has 0 heterocycles. The minimum absolute atomic E-state index is 0.0108. The molecule has 1 aromatic rings. The molecule has 0 aliphatic heterocycles. The van der Waals surface area contributed by atoms with E-state index in [0.717, 1.165) is 12.8 Å². The maximum Gasteiger partial charge on any atom is 0.256 e. The van der Waals surface area contributed by atoms with E-state index in [0.29, 0.717) is 23.0 Å². The molecular weight excluding hydrogens is 240 g/mol. The highest BCUT2D eigenvalue weighted by molar-refractivity contribution is 5.99. The summed E-state index contributed by atoms with van der Waals surface area (Å²) in [7, 11) is 3.46. The summed E-state index contributed by atoms with van der Waals surface area (Å²) in [6.07, 6.45) is 5.86. The van der Waals surface area contributed by atoms with Gasteiger partial charge in [-0.25, -0.2) is 0 Å². The van der Waals surface area contributed by atoms with E-state index in [9.17, 15) is 4.79 Å². The number of benzene rings is 1. The lowest BCUT2D eigenvalue weighted by molar-refractivity contribution is 0.0697. The normalized spacial score (nSPS) is 16.1. The van der Waals surface area contributed by atoms with Gasteiger partial charge in [0.15, 0.2) is 0 Å². The fraction of sp³-hybridized carbons (Fsp3) is 0.533. The van der Waals surface area contributed by atoms with E-state index in [1.54, 1.807) is 25.3 Å². The summed E-state index contributed by atoms with van der Waals surface area (Å²) in [5.41, 5.74) is 6.95. The summed E-state index contributed by atoms with van der Waals surface area (Å²) >= 11 is 0. The van der Waals surface area contributed by atoms with Gasteiger partial charge in [0.05, 0.1) is 12.7 Å². The fourth-order valence-electron chi connectivity index (χ4n) is 2.67. The van der Waals surface area contributed by atoms with Crippen LogP contribution in [-0.4, -0.2) is 31.0 Å². The number of rotatable bonds is 3. The number of nitrogens with zero attached hydrogens (tertiary/aromatic N) is 1. The van der Waals surface area contributed by atoms with Crippen molar-refractivity contribution < 1.29 is 9.53 Å². The summed E-state index contributed by atoms with van der Waals surface area (Å²) in [6, 6.07) is 5.55. The maximum atomic E-state index is 12.5. The monoisotopic (exact) mass is 262 g/mol. The van der Waals surface area contributed by atoms with E-state index in [4.69, 9.17) is 10.5 Å². The van der Waals surface area contributed by atoms with Gasteiger partial charge in [-0.05, 0) is 31.0 Å². The summed E-state index contributed by atoms with van der Waals surface area (Å²) in [4.78, 5) is 14.4. The standard InChI is InChI=1S/C15H22N2O2/c1-17(11-6-4-3-5-7-11)15(18)13-10-12(19-2)8-9-14(13)16/h8-11H,3-7,16H2,1-2H3. The molecule has 0 radical (unpaired) electrons. The summed E-state index contributed by atoms with van der Waals surface area (Å²) in [5, 5.41) is 0. The second kappa shape index (κ2) is 5.95. The molecule has 0 unspecified atom stereocenters. The zero-order chi connectivity index (χ0) is 13.8. The number of carbonyl (C=O) groups is 1. The Bertz CT molecular complexity index is 453. The Morgan fingerprint density at radius 1 is 1.32 bits per heavy atom. The topological polar surface area (TPSA) is 55.6 Å². The van der Waals surface area contributed by atoms with Crippen LogP contribution in [0.4, 0.5) is 5.69 Å². The number of hydrogen-bond acceptors (Lipinski definition) is 3. The van der Waals surface area contributed by atoms with Gasteiger partial charge in [-0.2, -0.15) is 0 Å². The van der Waals surface area contributed by atoms with E-state index in [2.05, 4.69) is 0 Å². The molecule has 0 bridgehead atoms. The van der Waals surface area contributed by atoms with Crippen molar-refractivity contribution in [3.05, 3.63) is 23.8 Å². The van der Waals surface area contributed by atoms with Gasteiger partial charge in [0, 0.05) is 18.8 Å². The number of carbonyl (C=O) groups excluding carboxylic acids is 1. The number of amides is 1. The number of nitrogen functional groups attached to an aromatic ring is 1. The van der Waals surface area contributed by atoms with Crippen LogP contribution in [0.25, 0.3) is 0 Å². The zero-order valence-electron chi connectivity index (χ0n) is 11.7. The first-order chi connectivity index (χ1) is 9.13. The SMILES string of the molecule is COc1ccc(N)c(C(=O)N(C)C2CCCCC2)c1. The molecule has 1 aliphatic rings. The van der Waals surface area contributed by atoms with Crippen molar-refractivity contribution in [2.24, 2.45) is 0 Å². The van der Waals surface area contributed by atoms with Crippen molar-refractivity contribution in [3.8, 4) is 5.75 Å². The molecule has 19 heavy (non-hydrogen) atoms. The van der Waals surface area contributed by atoms with Crippen molar-refractivity contribution in [2.75, 3.05) is 19.9 Å². The third kappa shape index (κ3) is 3.00. The van der Waals surface area contributed by atoms with E-state index in [1.807, 2.05) is 11.9 Å². The smallest absolute Gasteiger partial charge is 0.256 e. The van der Waals surface area contributed by atoms with Gasteiger partial charge in [-0.15, -0.1) is 0 Å². The maximum absolute atomic E-state index is 12.5. The van der Waals surface area contributed by atoms with Crippen LogP contribution in [-0.2, 0) is 0 Å². The Morgan fingerprint density at radius 3 is 2.63 bits per heavy atom. The molecule has 1 aromatic carbocycles. The van der Waals surface area contributed by atoms with Crippen molar-refractivity contribution in [2.45, 2.75) is 38.1 Å². The predicted octanol–water partition coefficient (Wildman–Crippen LogP) is 2.68. The van der Waals surface area contributed by atoms with E-state index >= 15 is 0 Å². The Morgan fingerprint density at radius 2 is 2.00 bits per heavy atom. The number of anilines is 1. The van der Waals surface area contributed by atoms with E-state index < -0.39 is 0 Å². The second-order valence-electron chi connectivity index (χ2n) is 5.16. The van der Waals surface area contributed by atoms with Crippen LogP contribution in [0.15, 0.2) is 18.2 Å². The average Bonchev–Trinajstić information content (AvgIpc) is 2.47. The molecule has 2 N–H and O–H groups in total. The highest BCUT2D eigenvalue weighted by atomic mass is 16.5. The molecule has 0 saturated heterocycles. The van der Waals surface area contributed by atoms with Crippen LogP contribution in [0, 0.1) is 0 Å². The van der Waals surface area contributed by atoms with Crippen molar-refractivity contribution in [1.82, 2.24) is 4.90 Å².